The van der Waals surface area contributed by atoms with E-state index in [1.807, 2.05) is 62.4 Å². The van der Waals surface area contributed by atoms with Gasteiger partial charge in [-0.1, -0.05) is 74.0 Å². The van der Waals surface area contributed by atoms with E-state index >= 15 is 0 Å². The first-order valence-electron chi connectivity index (χ1n) is 11.7. The summed E-state index contributed by atoms with van der Waals surface area (Å²) in [6.45, 7) is 5.00. The highest BCUT2D eigenvalue weighted by atomic mass is 19.2. The van der Waals surface area contributed by atoms with Crippen molar-refractivity contribution in [2.45, 2.75) is 26.7 Å². The van der Waals surface area contributed by atoms with Crippen molar-refractivity contribution < 1.29 is 18.3 Å². The van der Waals surface area contributed by atoms with Crippen molar-refractivity contribution in [2.75, 3.05) is 13.2 Å². The molecule has 0 N–H and O–H groups in total. The highest BCUT2D eigenvalue weighted by Gasteiger charge is 2.16. The molecule has 0 saturated heterocycles. The van der Waals surface area contributed by atoms with E-state index in [4.69, 9.17) is 9.47 Å². The van der Waals surface area contributed by atoms with Gasteiger partial charge >= 0.3 is 0 Å². The first-order chi connectivity index (χ1) is 16.6. The molecule has 0 aliphatic carbocycles. The Morgan fingerprint density at radius 1 is 0.559 bits per heavy atom. The van der Waals surface area contributed by atoms with E-state index < -0.39 is 11.6 Å². The molecule has 0 amide bonds. The molecular formula is C30H28F2O2. The predicted molar refractivity (Wildman–Crippen MR) is 134 cm³/mol. The minimum absolute atomic E-state index is 0.0426. The fourth-order valence-corrected chi connectivity index (χ4v) is 3.80. The van der Waals surface area contributed by atoms with Crippen molar-refractivity contribution in [3.05, 3.63) is 96.6 Å². The third-order valence-corrected chi connectivity index (χ3v) is 5.72. The number of ether oxygens (including phenoxy) is 2. The normalized spacial score (nSPS) is 10.8. The molecule has 0 fully saturated rings. The molecule has 174 valence electrons. The van der Waals surface area contributed by atoms with Gasteiger partial charge in [-0.3, -0.25) is 0 Å². The maximum absolute atomic E-state index is 14.7. The molecule has 4 heteroatoms. The predicted octanol–water partition coefficient (Wildman–Crippen LogP) is 8.54. The van der Waals surface area contributed by atoms with Gasteiger partial charge in [0.15, 0.2) is 11.6 Å². The first-order valence-corrected chi connectivity index (χ1v) is 11.7. The van der Waals surface area contributed by atoms with Crippen LogP contribution in [0.1, 0.15) is 26.7 Å². The zero-order valence-electron chi connectivity index (χ0n) is 19.5. The quantitative estimate of drug-likeness (QED) is 0.234. The average molecular weight is 459 g/mol. The standard InChI is InChI=1S/C30H28F2O2/c1-3-5-20-34-28-19-18-27(29(31)30(28)32)25-12-10-23(11-13-25)21-6-8-22(9-7-21)24-14-16-26(17-15-24)33-4-2/h6-19H,3-5,20H2,1-2H3. The maximum Gasteiger partial charge on any atom is 0.201 e. The van der Waals surface area contributed by atoms with Gasteiger partial charge in [0.25, 0.3) is 0 Å². The summed E-state index contributed by atoms with van der Waals surface area (Å²) in [4.78, 5) is 0. The van der Waals surface area contributed by atoms with E-state index in [1.54, 1.807) is 6.07 Å². The minimum Gasteiger partial charge on any atom is -0.494 e. The van der Waals surface area contributed by atoms with Crippen LogP contribution in [0.25, 0.3) is 33.4 Å². The molecule has 0 unspecified atom stereocenters. The summed E-state index contributed by atoms with van der Waals surface area (Å²) in [5.41, 5.74) is 5.12. The van der Waals surface area contributed by atoms with Gasteiger partial charge < -0.3 is 9.47 Å². The van der Waals surface area contributed by atoms with E-state index in [1.165, 1.54) is 6.07 Å². The van der Waals surface area contributed by atoms with Crippen LogP contribution in [0, 0.1) is 11.6 Å². The van der Waals surface area contributed by atoms with Crippen LogP contribution in [-0.2, 0) is 0 Å². The molecule has 0 saturated carbocycles. The lowest BCUT2D eigenvalue weighted by atomic mass is 9.98. The smallest absolute Gasteiger partial charge is 0.201 e. The molecule has 0 radical (unpaired) electrons. The summed E-state index contributed by atoms with van der Waals surface area (Å²) >= 11 is 0. The fraction of sp³-hybridized carbons (Fsp3) is 0.200. The highest BCUT2D eigenvalue weighted by molar-refractivity contribution is 5.73. The topological polar surface area (TPSA) is 18.5 Å². The molecule has 0 bridgehead atoms. The Kier molecular flexibility index (Phi) is 7.58. The van der Waals surface area contributed by atoms with Crippen LogP contribution in [0.3, 0.4) is 0 Å². The van der Waals surface area contributed by atoms with Gasteiger partial charge in [0.05, 0.1) is 13.2 Å². The Bertz CT molecular complexity index is 1210. The Balaban J connectivity index is 1.50. The number of benzene rings is 4. The number of hydrogen-bond donors (Lipinski definition) is 0. The Hall–Kier alpha value is -3.66. The average Bonchev–Trinajstić information content (AvgIpc) is 2.88. The van der Waals surface area contributed by atoms with Crippen LogP contribution in [0.15, 0.2) is 84.9 Å². The Morgan fingerprint density at radius 2 is 1.06 bits per heavy atom. The van der Waals surface area contributed by atoms with E-state index in [9.17, 15) is 8.78 Å². The number of hydrogen-bond acceptors (Lipinski definition) is 2. The fourth-order valence-electron chi connectivity index (χ4n) is 3.80. The van der Waals surface area contributed by atoms with E-state index in [2.05, 4.69) is 24.3 Å². The van der Waals surface area contributed by atoms with Crippen molar-refractivity contribution in [1.82, 2.24) is 0 Å². The lowest BCUT2D eigenvalue weighted by Gasteiger charge is -2.11. The molecule has 0 aliphatic heterocycles. The van der Waals surface area contributed by atoms with Crippen molar-refractivity contribution in [2.24, 2.45) is 0 Å². The summed E-state index contributed by atoms with van der Waals surface area (Å²) in [5.74, 6) is -1.01. The SMILES string of the molecule is CCCCOc1ccc(-c2ccc(-c3ccc(-c4ccc(OCC)cc4)cc3)cc2)c(F)c1F. The van der Waals surface area contributed by atoms with Gasteiger partial charge in [0, 0.05) is 5.56 Å². The van der Waals surface area contributed by atoms with Crippen molar-refractivity contribution in [3.8, 4) is 44.9 Å². The van der Waals surface area contributed by atoms with Crippen LogP contribution in [0.5, 0.6) is 11.5 Å². The van der Waals surface area contributed by atoms with Crippen molar-refractivity contribution in [1.29, 1.82) is 0 Å². The molecular weight excluding hydrogens is 430 g/mol. The molecule has 34 heavy (non-hydrogen) atoms. The molecule has 4 aromatic carbocycles. The zero-order valence-corrected chi connectivity index (χ0v) is 19.5. The molecule has 0 aliphatic rings. The van der Waals surface area contributed by atoms with Crippen molar-refractivity contribution in [3.63, 3.8) is 0 Å². The summed E-state index contributed by atoms with van der Waals surface area (Å²) in [6.07, 6.45) is 1.73. The monoisotopic (exact) mass is 458 g/mol. The largest absolute Gasteiger partial charge is 0.494 e. The number of rotatable bonds is 9. The molecule has 0 atom stereocenters. The molecule has 4 rings (SSSR count). The van der Waals surface area contributed by atoms with Gasteiger partial charge in [-0.2, -0.15) is 4.39 Å². The van der Waals surface area contributed by atoms with Crippen LogP contribution in [-0.4, -0.2) is 13.2 Å². The Morgan fingerprint density at radius 3 is 1.56 bits per heavy atom. The van der Waals surface area contributed by atoms with Gasteiger partial charge in [-0.15, -0.1) is 0 Å². The molecule has 4 aromatic rings. The second kappa shape index (κ2) is 11.0. The third-order valence-electron chi connectivity index (χ3n) is 5.72. The maximum atomic E-state index is 14.7. The molecule has 0 spiro atoms. The third kappa shape index (κ3) is 5.28. The first kappa shape index (κ1) is 23.5. The van der Waals surface area contributed by atoms with Gasteiger partial charge in [-0.05, 0) is 65.4 Å². The second-order valence-corrected chi connectivity index (χ2v) is 8.05. The van der Waals surface area contributed by atoms with Crippen LogP contribution in [0.2, 0.25) is 0 Å². The zero-order chi connectivity index (χ0) is 23.9. The summed E-state index contributed by atoms with van der Waals surface area (Å²) in [6, 6.07) is 26.8. The number of unbranched alkanes of at least 4 members (excludes halogenated alkanes) is 1. The van der Waals surface area contributed by atoms with Crippen LogP contribution < -0.4 is 9.47 Å². The Labute approximate surface area is 199 Å². The summed E-state index contributed by atoms with van der Waals surface area (Å²) in [7, 11) is 0. The van der Waals surface area contributed by atoms with Crippen LogP contribution >= 0.6 is 0 Å². The highest BCUT2D eigenvalue weighted by Crippen LogP contribution is 2.32. The van der Waals surface area contributed by atoms with E-state index in [0.29, 0.717) is 18.8 Å². The summed E-state index contributed by atoms with van der Waals surface area (Å²) in [5, 5.41) is 0. The van der Waals surface area contributed by atoms with E-state index in [0.717, 1.165) is 40.8 Å². The van der Waals surface area contributed by atoms with Crippen LogP contribution in [0.4, 0.5) is 8.78 Å². The minimum atomic E-state index is -0.942. The molecule has 0 heterocycles. The van der Waals surface area contributed by atoms with Crippen molar-refractivity contribution >= 4 is 0 Å². The van der Waals surface area contributed by atoms with Gasteiger partial charge in [0.2, 0.25) is 5.82 Å². The molecule has 2 nitrogen and oxygen atoms in total. The van der Waals surface area contributed by atoms with Gasteiger partial charge in [0.1, 0.15) is 5.75 Å². The summed E-state index contributed by atoms with van der Waals surface area (Å²) < 4.78 is 40.0. The van der Waals surface area contributed by atoms with Gasteiger partial charge in [-0.25, -0.2) is 4.39 Å². The molecule has 0 aromatic heterocycles. The van der Waals surface area contributed by atoms with E-state index in [-0.39, 0.29) is 11.3 Å². The lowest BCUT2D eigenvalue weighted by Crippen LogP contribution is -2.01. The number of halogens is 2. The second-order valence-electron chi connectivity index (χ2n) is 8.05. The lowest BCUT2D eigenvalue weighted by molar-refractivity contribution is 0.289.